The van der Waals surface area contributed by atoms with Crippen molar-refractivity contribution in [2.75, 3.05) is 13.1 Å². The van der Waals surface area contributed by atoms with Crippen LogP contribution in [0.25, 0.3) is 27.2 Å². The Balaban J connectivity index is 1.77. The molecule has 0 atom stereocenters. The third-order valence-electron chi connectivity index (χ3n) is 5.55. The molecule has 2 aromatic carbocycles. The number of pyridine rings is 1. The Bertz CT molecular complexity index is 1380. The van der Waals surface area contributed by atoms with Crippen molar-refractivity contribution in [3.8, 4) is 0 Å². The molecule has 0 unspecified atom stereocenters. The lowest BCUT2D eigenvalue weighted by Gasteiger charge is -2.15. The number of nitrogens with one attached hydrogen (secondary N) is 1. The SMILES string of the molecule is Cc1c(C2=CCNCC2)c2ccccc2n1S(=O)(=O)c1cc2ccccc2cn1. The molecule has 0 saturated heterocycles. The van der Waals surface area contributed by atoms with Gasteiger partial charge >= 0.3 is 0 Å². The second kappa shape index (κ2) is 6.83. The molecule has 0 spiro atoms. The van der Waals surface area contributed by atoms with E-state index in [-0.39, 0.29) is 5.03 Å². The lowest BCUT2D eigenvalue weighted by molar-refractivity contribution is 0.584. The predicted octanol–water partition coefficient (Wildman–Crippen LogP) is 4.11. The van der Waals surface area contributed by atoms with Crippen LogP contribution < -0.4 is 5.32 Å². The fourth-order valence-corrected chi connectivity index (χ4v) is 5.72. The molecule has 5 rings (SSSR count). The van der Waals surface area contributed by atoms with Crippen molar-refractivity contribution < 1.29 is 8.42 Å². The van der Waals surface area contributed by atoms with Crippen LogP contribution in [0.2, 0.25) is 0 Å². The molecule has 0 fully saturated rings. The van der Waals surface area contributed by atoms with E-state index in [0.29, 0.717) is 5.52 Å². The Morgan fingerprint density at radius 1 is 1.03 bits per heavy atom. The van der Waals surface area contributed by atoms with Crippen LogP contribution in [0.5, 0.6) is 0 Å². The number of fused-ring (bicyclic) bond motifs is 2. The van der Waals surface area contributed by atoms with Crippen molar-refractivity contribution in [3.63, 3.8) is 0 Å². The van der Waals surface area contributed by atoms with Gasteiger partial charge in [-0.05, 0) is 43.0 Å². The highest BCUT2D eigenvalue weighted by atomic mass is 32.2. The van der Waals surface area contributed by atoms with Crippen LogP contribution in [0.15, 0.2) is 71.9 Å². The molecule has 0 radical (unpaired) electrons. The maximum Gasteiger partial charge on any atom is 0.285 e. The fraction of sp³-hybridized carbons (Fsp3) is 0.174. The topological polar surface area (TPSA) is 64.0 Å². The summed E-state index contributed by atoms with van der Waals surface area (Å²) in [4.78, 5) is 4.29. The molecule has 0 saturated carbocycles. The fourth-order valence-electron chi connectivity index (χ4n) is 4.20. The highest BCUT2D eigenvalue weighted by molar-refractivity contribution is 7.90. The number of hydrogen-bond donors (Lipinski definition) is 1. The highest BCUT2D eigenvalue weighted by Gasteiger charge is 2.27. The first-order valence-corrected chi connectivity index (χ1v) is 11.1. The molecule has 1 N–H and O–H groups in total. The van der Waals surface area contributed by atoms with Crippen molar-refractivity contribution in [1.29, 1.82) is 0 Å². The van der Waals surface area contributed by atoms with Gasteiger partial charge in [-0.1, -0.05) is 48.5 Å². The van der Waals surface area contributed by atoms with E-state index >= 15 is 0 Å². The molecule has 0 amide bonds. The Kier molecular flexibility index (Phi) is 4.26. The minimum atomic E-state index is -3.84. The van der Waals surface area contributed by atoms with E-state index in [2.05, 4.69) is 16.4 Å². The second-order valence-corrected chi connectivity index (χ2v) is 9.03. The summed E-state index contributed by atoms with van der Waals surface area (Å²) in [6, 6.07) is 17.0. The van der Waals surface area contributed by atoms with Gasteiger partial charge in [0.15, 0.2) is 5.03 Å². The van der Waals surface area contributed by atoms with Gasteiger partial charge in [-0.15, -0.1) is 0 Å². The van der Waals surface area contributed by atoms with Gasteiger partial charge < -0.3 is 5.32 Å². The minimum Gasteiger partial charge on any atom is -0.313 e. The van der Waals surface area contributed by atoms with Crippen LogP contribution in [0.4, 0.5) is 0 Å². The van der Waals surface area contributed by atoms with Crippen LogP contribution in [0.3, 0.4) is 0 Å². The Morgan fingerprint density at radius 2 is 1.79 bits per heavy atom. The summed E-state index contributed by atoms with van der Waals surface area (Å²) in [7, 11) is -3.84. The first-order valence-electron chi connectivity index (χ1n) is 9.68. The van der Waals surface area contributed by atoms with Gasteiger partial charge in [0.2, 0.25) is 0 Å². The van der Waals surface area contributed by atoms with Crippen LogP contribution in [0, 0.1) is 6.92 Å². The summed E-state index contributed by atoms with van der Waals surface area (Å²) in [5.74, 6) is 0. The quantitative estimate of drug-likeness (QED) is 0.559. The monoisotopic (exact) mass is 403 g/mol. The molecule has 4 aromatic rings. The molecule has 0 aliphatic carbocycles. The van der Waals surface area contributed by atoms with E-state index in [4.69, 9.17) is 0 Å². The summed E-state index contributed by atoms with van der Waals surface area (Å²) >= 11 is 0. The molecular formula is C23H21N3O2S. The summed E-state index contributed by atoms with van der Waals surface area (Å²) in [5.41, 5.74) is 3.63. The van der Waals surface area contributed by atoms with Gasteiger partial charge in [0, 0.05) is 34.8 Å². The molecule has 1 aliphatic rings. The molecule has 3 heterocycles. The lowest BCUT2D eigenvalue weighted by Crippen LogP contribution is -2.20. The third-order valence-corrected chi connectivity index (χ3v) is 7.26. The van der Waals surface area contributed by atoms with Crippen molar-refractivity contribution in [1.82, 2.24) is 14.3 Å². The Morgan fingerprint density at radius 3 is 2.59 bits per heavy atom. The molecule has 146 valence electrons. The Labute approximate surface area is 169 Å². The predicted molar refractivity (Wildman–Crippen MR) is 116 cm³/mol. The van der Waals surface area contributed by atoms with Gasteiger partial charge in [-0.3, -0.25) is 0 Å². The zero-order valence-corrected chi connectivity index (χ0v) is 16.9. The first kappa shape index (κ1) is 18.1. The third kappa shape index (κ3) is 2.87. The maximum absolute atomic E-state index is 13.7. The lowest BCUT2D eigenvalue weighted by atomic mass is 9.97. The van der Waals surface area contributed by atoms with E-state index in [9.17, 15) is 8.42 Å². The number of aromatic nitrogens is 2. The van der Waals surface area contributed by atoms with Gasteiger partial charge in [0.25, 0.3) is 10.0 Å². The zero-order chi connectivity index (χ0) is 20.0. The zero-order valence-electron chi connectivity index (χ0n) is 16.1. The number of nitrogens with zero attached hydrogens (tertiary/aromatic N) is 2. The van der Waals surface area contributed by atoms with E-state index in [1.54, 1.807) is 12.3 Å². The summed E-state index contributed by atoms with van der Waals surface area (Å²) in [6.07, 6.45) is 4.66. The smallest absolute Gasteiger partial charge is 0.285 e. The molecule has 5 nitrogen and oxygen atoms in total. The number of rotatable bonds is 3. The van der Waals surface area contributed by atoms with Crippen LogP contribution in [-0.4, -0.2) is 30.5 Å². The van der Waals surface area contributed by atoms with Gasteiger partial charge in [0.05, 0.1) is 5.52 Å². The van der Waals surface area contributed by atoms with Crippen LogP contribution in [-0.2, 0) is 10.0 Å². The average molecular weight is 404 g/mol. The summed E-state index contributed by atoms with van der Waals surface area (Å²) in [5, 5.41) is 6.12. The molecule has 6 heteroatoms. The van der Waals surface area contributed by atoms with Crippen LogP contribution >= 0.6 is 0 Å². The highest BCUT2D eigenvalue weighted by Crippen LogP contribution is 2.35. The number of para-hydroxylation sites is 1. The van der Waals surface area contributed by atoms with Crippen molar-refractivity contribution in [2.24, 2.45) is 0 Å². The van der Waals surface area contributed by atoms with Crippen molar-refractivity contribution in [2.45, 2.75) is 18.4 Å². The maximum atomic E-state index is 13.7. The van der Waals surface area contributed by atoms with Crippen LogP contribution in [0.1, 0.15) is 17.7 Å². The number of hydrogen-bond acceptors (Lipinski definition) is 4. The van der Waals surface area contributed by atoms with Crippen molar-refractivity contribution >= 4 is 37.3 Å². The molecule has 1 aliphatic heterocycles. The first-order chi connectivity index (χ1) is 14.1. The van der Waals surface area contributed by atoms with E-state index in [1.807, 2.05) is 55.5 Å². The second-order valence-electron chi connectivity index (χ2n) is 7.30. The van der Waals surface area contributed by atoms with Gasteiger partial charge in [-0.2, -0.15) is 8.42 Å². The average Bonchev–Trinajstić information content (AvgIpc) is 3.06. The normalized spacial score (nSPS) is 15.0. The summed E-state index contributed by atoms with van der Waals surface area (Å²) < 4.78 is 28.8. The molecule has 2 aromatic heterocycles. The number of benzene rings is 2. The molecule has 0 bridgehead atoms. The minimum absolute atomic E-state index is 0.0610. The summed E-state index contributed by atoms with van der Waals surface area (Å²) in [6.45, 7) is 3.58. The van der Waals surface area contributed by atoms with Gasteiger partial charge in [0.1, 0.15) is 0 Å². The molecule has 29 heavy (non-hydrogen) atoms. The molecular weight excluding hydrogens is 382 g/mol. The largest absolute Gasteiger partial charge is 0.313 e. The van der Waals surface area contributed by atoms with E-state index in [0.717, 1.165) is 46.9 Å². The van der Waals surface area contributed by atoms with Gasteiger partial charge in [-0.25, -0.2) is 8.96 Å². The Hall–Kier alpha value is -2.96. The standard InChI is InChI=1S/C23H21N3O2S/c1-16-23(17-10-12-24-13-11-17)20-8-4-5-9-21(20)26(16)29(27,28)22-14-18-6-2-3-7-19(18)15-25-22/h2-10,14-15,24H,11-13H2,1H3. The van der Waals surface area contributed by atoms with Crippen molar-refractivity contribution in [3.05, 3.63) is 78.1 Å². The van der Waals surface area contributed by atoms with E-state index < -0.39 is 10.0 Å². The van der Waals surface area contributed by atoms with E-state index in [1.165, 1.54) is 9.55 Å².